The SMILES string of the molecule is CCc1c2c(nc3ccccc13)-c1c3c(c(CO)c(=O)n1C2)[C@@](O)(CC)C(=O)N3. The average Bonchev–Trinajstić information content (AvgIpc) is 3.23. The Kier molecular flexibility index (Phi) is 3.72. The van der Waals surface area contributed by atoms with Crippen molar-refractivity contribution in [2.45, 2.75) is 45.4 Å². The van der Waals surface area contributed by atoms with Crippen molar-refractivity contribution >= 4 is 22.5 Å². The molecule has 7 nitrogen and oxygen atoms in total. The van der Waals surface area contributed by atoms with Crippen LogP contribution in [0.15, 0.2) is 29.1 Å². The van der Waals surface area contributed by atoms with Gasteiger partial charge in [-0.2, -0.15) is 0 Å². The fourth-order valence-electron chi connectivity index (χ4n) is 4.81. The van der Waals surface area contributed by atoms with Crippen LogP contribution in [-0.4, -0.2) is 25.7 Å². The highest BCUT2D eigenvalue weighted by atomic mass is 16.3. The third kappa shape index (κ3) is 2.11. The average molecular weight is 391 g/mol. The molecule has 0 spiro atoms. The Hall–Kier alpha value is -3.03. The van der Waals surface area contributed by atoms with Gasteiger partial charge >= 0.3 is 0 Å². The van der Waals surface area contributed by atoms with Crippen molar-refractivity contribution in [2.75, 3.05) is 5.32 Å². The number of rotatable bonds is 3. The molecule has 2 aromatic heterocycles. The van der Waals surface area contributed by atoms with E-state index in [0.29, 0.717) is 23.6 Å². The van der Waals surface area contributed by atoms with Gasteiger partial charge in [0, 0.05) is 16.5 Å². The zero-order chi connectivity index (χ0) is 20.5. The second-order valence-corrected chi connectivity index (χ2v) is 7.58. The number of pyridine rings is 2. The van der Waals surface area contributed by atoms with E-state index in [9.17, 15) is 19.8 Å². The number of carbonyl (C=O) groups is 1. The third-order valence-electron chi connectivity index (χ3n) is 6.26. The van der Waals surface area contributed by atoms with Crippen LogP contribution in [0.3, 0.4) is 0 Å². The lowest BCUT2D eigenvalue weighted by Crippen LogP contribution is -2.36. The molecule has 0 saturated carbocycles. The lowest BCUT2D eigenvalue weighted by atomic mass is 9.89. The van der Waals surface area contributed by atoms with Gasteiger partial charge in [-0.05, 0) is 24.5 Å². The maximum absolute atomic E-state index is 13.2. The van der Waals surface area contributed by atoms with Crippen molar-refractivity contribution in [1.82, 2.24) is 9.55 Å². The minimum absolute atomic E-state index is 0.0573. The Morgan fingerprint density at radius 3 is 2.66 bits per heavy atom. The van der Waals surface area contributed by atoms with E-state index in [0.717, 1.165) is 28.5 Å². The number of hydrogen-bond donors (Lipinski definition) is 3. The molecule has 2 aliphatic heterocycles. The first-order valence-corrected chi connectivity index (χ1v) is 9.81. The highest BCUT2D eigenvalue weighted by molar-refractivity contribution is 6.09. The van der Waals surface area contributed by atoms with Gasteiger partial charge in [-0.3, -0.25) is 9.59 Å². The molecular formula is C22H21N3O4. The Morgan fingerprint density at radius 2 is 1.97 bits per heavy atom. The Labute approximate surface area is 166 Å². The summed E-state index contributed by atoms with van der Waals surface area (Å²) in [5.74, 6) is -0.581. The molecule has 3 N–H and O–H groups in total. The maximum atomic E-state index is 13.2. The standard InChI is InChI=1S/C22H21N3O4/c1-3-11-12-7-5-6-8-15(12)23-17-13(11)9-25-19(17)18-16(14(10-26)20(25)27)22(29,4-2)21(28)24-18/h5-8,26,29H,3-4,9-10H2,1-2H3,(H,24,28)/t22-/m0/s1. The molecule has 0 bridgehead atoms. The fraction of sp³-hybridized carbons (Fsp3) is 0.318. The minimum atomic E-state index is -1.84. The zero-order valence-corrected chi connectivity index (χ0v) is 16.2. The van der Waals surface area contributed by atoms with E-state index in [1.165, 1.54) is 0 Å². The van der Waals surface area contributed by atoms with Crippen LogP contribution >= 0.6 is 0 Å². The molecule has 0 saturated heterocycles. The number of nitrogens with zero attached hydrogens (tertiary/aromatic N) is 2. The third-order valence-corrected chi connectivity index (χ3v) is 6.26. The summed E-state index contributed by atoms with van der Waals surface area (Å²) in [6.07, 6.45) is 0.869. The van der Waals surface area contributed by atoms with E-state index in [1.807, 2.05) is 24.3 Å². The second-order valence-electron chi connectivity index (χ2n) is 7.58. The van der Waals surface area contributed by atoms with E-state index in [-0.39, 0.29) is 17.5 Å². The summed E-state index contributed by atoms with van der Waals surface area (Å²) in [7, 11) is 0. The summed E-state index contributed by atoms with van der Waals surface area (Å²) < 4.78 is 1.56. The molecule has 1 aromatic carbocycles. The number of para-hydroxylation sites is 1. The molecule has 0 unspecified atom stereocenters. The maximum Gasteiger partial charge on any atom is 0.261 e. The highest BCUT2D eigenvalue weighted by Gasteiger charge is 2.49. The smallest absolute Gasteiger partial charge is 0.261 e. The molecule has 7 heteroatoms. The largest absolute Gasteiger partial charge is 0.391 e. The van der Waals surface area contributed by atoms with E-state index < -0.39 is 23.7 Å². The van der Waals surface area contributed by atoms with Crippen molar-refractivity contribution in [2.24, 2.45) is 0 Å². The number of hydrogen-bond acceptors (Lipinski definition) is 5. The molecule has 1 atom stereocenters. The molecule has 0 radical (unpaired) electrons. The van der Waals surface area contributed by atoms with Crippen molar-refractivity contribution in [3.8, 4) is 11.4 Å². The monoisotopic (exact) mass is 391 g/mol. The van der Waals surface area contributed by atoms with Crippen LogP contribution < -0.4 is 10.9 Å². The first kappa shape index (κ1) is 18.0. The highest BCUT2D eigenvalue weighted by Crippen LogP contribution is 2.48. The Bertz CT molecular complexity index is 1280. The van der Waals surface area contributed by atoms with Gasteiger partial charge in [0.05, 0.1) is 41.3 Å². The predicted molar refractivity (Wildman–Crippen MR) is 109 cm³/mol. The lowest BCUT2D eigenvalue weighted by Gasteiger charge is -2.21. The van der Waals surface area contributed by atoms with Crippen molar-refractivity contribution in [3.63, 3.8) is 0 Å². The van der Waals surface area contributed by atoms with Crippen molar-refractivity contribution in [3.05, 3.63) is 56.9 Å². The molecule has 2 aliphatic rings. The van der Waals surface area contributed by atoms with Crippen LogP contribution in [0.2, 0.25) is 0 Å². The lowest BCUT2D eigenvalue weighted by molar-refractivity contribution is -0.134. The molecule has 148 valence electrons. The van der Waals surface area contributed by atoms with Gasteiger partial charge in [0.2, 0.25) is 0 Å². The van der Waals surface area contributed by atoms with E-state index in [4.69, 9.17) is 4.98 Å². The van der Waals surface area contributed by atoms with Crippen molar-refractivity contribution in [1.29, 1.82) is 0 Å². The molecule has 4 heterocycles. The number of aliphatic hydroxyl groups excluding tert-OH is 1. The number of aryl methyl sites for hydroxylation is 1. The van der Waals surface area contributed by atoms with Crippen LogP contribution in [0.5, 0.6) is 0 Å². The minimum Gasteiger partial charge on any atom is -0.391 e. The van der Waals surface area contributed by atoms with Gasteiger partial charge in [-0.1, -0.05) is 32.0 Å². The molecule has 1 amide bonds. The summed E-state index contributed by atoms with van der Waals surface area (Å²) >= 11 is 0. The van der Waals surface area contributed by atoms with Crippen molar-refractivity contribution < 1.29 is 15.0 Å². The zero-order valence-electron chi connectivity index (χ0n) is 16.2. The summed E-state index contributed by atoms with van der Waals surface area (Å²) in [5.41, 5.74) is 2.43. The van der Waals surface area contributed by atoms with Gasteiger partial charge in [0.15, 0.2) is 5.60 Å². The van der Waals surface area contributed by atoms with Gasteiger partial charge in [0.1, 0.15) is 0 Å². The summed E-state index contributed by atoms with van der Waals surface area (Å²) in [5, 5.41) is 24.8. The quantitative estimate of drug-likeness (QED) is 0.496. The van der Waals surface area contributed by atoms with E-state index >= 15 is 0 Å². The topological polar surface area (TPSA) is 104 Å². The Morgan fingerprint density at radius 1 is 1.21 bits per heavy atom. The molecule has 0 aliphatic carbocycles. The molecule has 5 rings (SSSR count). The number of aliphatic hydroxyl groups is 2. The van der Waals surface area contributed by atoms with Gasteiger partial charge < -0.3 is 20.1 Å². The summed E-state index contributed by atoms with van der Waals surface area (Å²) in [4.78, 5) is 30.7. The molecule has 29 heavy (non-hydrogen) atoms. The van der Waals surface area contributed by atoms with E-state index in [1.54, 1.807) is 11.5 Å². The van der Waals surface area contributed by atoms with E-state index in [2.05, 4.69) is 12.2 Å². The second kappa shape index (κ2) is 5.98. The Balaban J connectivity index is 1.93. The number of anilines is 1. The molecule has 3 aromatic rings. The number of fused-ring (bicyclic) bond motifs is 6. The van der Waals surface area contributed by atoms with Gasteiger partial charge in [-0.25, -0.2) is 4.98 Å². The van der Waals surface area contributed by atoms with Gasteiger partial charge in [0.25, 0.3) is 11.5 Å². The number of aromatic nitrogens is 2. The van der Waals surface area contributed by atoms with Crippen LogP contribution in [0.4, 0.5) is 5.69 Å². The van der Waals surface area contributed by atoms with Gasteiger partial charge in [-0.15, -0.1) is 0 Å². The first-order chi connectivity index (χ1) is 14.0. The predicted octanol–water partition coefficient (Wildman–Crippen LogP) is 2.03. The number of carbonyl (C=O) groups excluding carboxylic acids is 1. The fourth-order valence-corrected chi connectivity index (χ4v) is 4.81. The summed E-state index contributed by atoms with van der Waals surface area (Å²) in [6.45, 7) is 3.51. The number of benzene rings is 1. The molecular weight excluding hydrogens is 370 g/mol. The van der Waals surface area contributed by atoms with Crippen LogP contribution in [-0.2, 0) is 30.0 Å². The molecule has 0 fully saturated rings. The normalized spacial score (nSPS) is 19.2. The first-order valence-electron chi connectivity index (χ1n) is 9.81. The number of nitrogens with one attached hydrogen (secondary N) is 1. The number of amides is 1. The summed E-state index contributed by atoms with van der Waals surface area (Å²) in [6, 6.07) is 7.83. The van der Waals surface area contributed by atoms with Crippen LogP contribution in [0, 0.1) is 0 Å². The van der Waals surface area contributed by atoms with Crippen LogP contribution in [0.1, 0.15) is 42.5 Å². The van der Waals surface area contributed by atoms with Crippen LogP contribution in [0.25, 0.3) is 22.3 Å².